The second kappa shape index (κ2) is 9.39. The van der Waals surface area contributed by atoms with E-state index in [1.54, 1.807) is 30.3 Å². The maximum absolute atomic E-state index is 13.6. The zero-order chi connectivity index (χ0) is 26.3. The van der Waals surface area contributed by atoms with Crippen LogP contribution in [0.5, 0.6) is 11.5 Å². The number of carbonyl (C=O) groups excluding carboxylic acids is 2. The molecule has 0 atom stereocenters. The summed E-state index contributed by atoms with van der Waals surface area (Å²) in [6.45, 7) is 1.84. The summed E-state index contributed by atoms with van der Waals surface area (Å²) in [6, 6.07) is 17.1. The first kappa shape index (κ1) is 24.0. The standard InChI is InChI=1S/C29H16F4O4/c1-15-18-4-2-6-26(36-28(34)16-8-10-22(30)24(32)12-16)20(18)14-21-19(15)5-3-7-27(21)37-29(35)17-9-11-23(31)25(33)13-17/h2-14H,1H3. The van der Waals surface area contributed by atoms with E-state index in [0.29, 0.717) is 10.8 Å². The first-order valence-electron chi connectivity index (χ1n) is 11.0. The summed E-state index contributed by atoms with van der Waals surface area (Å²) in [5.74, 6) is -6.01. The summed E-state index contributed by atoms with van der Waals surface area (Å²) in [4.78, 5) is 25.3. The zero-order valence-electron chi connectivity index (χ0n) is 19.2. The fourth-order valence-electron chi connectivity index (χ4n) is 4.07. The third-order valence-electron chi connectivity index (χ3n) is 5.94. The van der Waals surface area contributed by atoms with Crippen molar-refractivity contribution in [2.24, 2.45) is 0 Å². The first-order valence-corrected chi connectivity index (χ1v) is 11.0. The number of hydrogen-bond donors (Lipinski definition) is 0. The topological polar surface area (TPSA) is 52.6 Å². The Hall–Kier alpha value is -4.72. The van der Waals surface area contributed by atoms with Gasteiger partial charge >= 0.3 is 11.9 Å². The molecule has 0 bridgehead atoms. The quantitative estimate of drug-likeness (QED) is 0.112. The summed E-state index contributed by atoms with van der Waals surface area (Å²) in [5.41, 5.74) is 0.452. The highest BCUT2D eigenvalue weighted by atomic mass is 19.2. The first-order chi connectivity index (χ1) is 17.7. The molecule has 0 aliphatic carbocycles. The summed E-state index contributed by atoms with van der Waals surface area (Å²) in [5, 5.41) is 2.49. The number of carbonyl (C=O) groups is 2. The number of hydrogen-bond acceptors (Lipinski definition) is 4. The largest absolute Gasteiger partial charge is 0.422 e. The van der Waals surface area contributed by atoms with Crippen molar-refractivity contribution in [1.29, 1.82) is 0 Å². The monoisotopic (exact) mass is 504 g/mol. The third-order valence-corrected chi connectivity index (χ3v) is 5.94. The molecule has 184 valence electrons. The van der Waals surface area contributed by atoms with Gasteiger partial charge in [0.25, 0.3) is 0 Å². The van der Waals surface area contributed by atoms with Crippen LogP contribution in [0.1, 0.15) is 26.3 Å². The molecule has 0 aromatic heterocycles. The highest BCUT2D eigenvalue weighted by Crippen LogP contribution is 2.37. The van der Waals surface area contributed by atoms with Gasteiger partial charge in [-0.1, -0.05) is 24.3 Å². The van der Waals surface area contributed by atoms with Crippen molar-refractivity contribution in [2.75, 3.05) is 0 Å². The number of ether oxygens (including phenoxy) is 2. The molecule has 37 heavy (non-hydrogen) atoms. The van der Waals surface area contributed by atoms with Crippen molar-refractivity contribution < 1.29 is 36.6 Å². The van der Waals surface area contributed by atoms with Gasteiger partial charge < -0.3 is 9.47 Å². The van der Waals surface area contributed by atoms with Crippen molar-refractivity contribution in [3.05, 3.63) is 119 Å². The van der Waals surface area contributed by atoms with Crippen LogP contribution in [-0.4, -0.2) is 11.9 Å². The number of aryl methyl sites for hydroxylation is 1. The van der Waals surface area contributed by atoms with Gasteiger partial charge in [0.05, 0.1) is 11.1 Å². The predicted molar refractivity (Wildman–Crippen MR) is 129 cm³/mol. The number of rotatable bonds is 4. The maximum Gasteiger partial charge on any atom is 0.343 e. The van der Waals surface area contributed by atoms with Crippen LogP contribution in [-0.2, 0) is 0 Å². The van der Waals surface area contributed by atoms with Gasteiger partial charge in [-0.15, -0.1) is 0 Å². The van der Waals surface area contributed by atoms with Crippen LogP contribution >= 0.6 is 0 Å². The fourth-order valence-corrected chi connectivity index (χ4v) is 4.07. The molecule has 0 amide bonds. The molecule has 0 fully saturated rings. The lowest BCUT2D eigenvalue weighted by atomic mass is 9.96. The fraction of sp³-hybridized carbons (Fsp3) is 0.0345. The Kier molecular flexibility index (Phi) is 6.09. The van der Waals surface area contributed by atoms with Crippen molar-refractivity contribution in [3.63, 3.8) is 0 Å². The molecule has 0 saturated heterocycles. The van der Waals surface area contributed by atoms with Crippen molar-refractivity contribution in [1.82, 2.24) is 0 Å². The van der Waals surface area contributed by atoms with Crippen LogP contribution < -0.4 is 9.47 Å². The molecule has 8 heteroatoms. The Labute approximate surface area is 207 Å². The predicted octanol–water partition coefficient (Wildman–Crippen LogP) is 7.30. The van der Waals surface area contributed by atoms with E-state index in [0.717, 1.165) is 52.7 Å². The van der Waals surface area contributed by atoms with E-state index in [9.17, 15) is 27.2 Å². The third kappa shape index (κ3) is 4.49. The minimum absolute atomic E-state index is 0.152. The molecule has 5 aromatic carbocycles. The molecule has 4 nitrogen and oxygen atoms in total. The highest BCUT2D eigenvalue weighted by Gasteiger charge is 2.18. The summed E-state index contributed by atoms with van der Waals surface area (Å²) < 4.78 is 64.8. The van der Waals surface area contributed by atoms with Gasteiger partial charge in [-0.2, -0.15) is 0 Å². The van der Waals surface area contributed by atoms with E-state index >= 15 is 0 Å². The number of halogens is 4. The van der Waals surface area contributed by atoms with Crippen molar-refractivity contribution in [2.45, 2.75) is 6.92 Å². The zero-order valence-corrected chi connectivity index (χ0v) is 19.2. The van der Waals surface area contributed by atoms with Crippen LogP contribution in [0.4, 0.5) is 17.6 Å². The van der Waals surface area contributed by atoms with E-state index in [1.165, 1.54) is 0 Å². The van der Waals surface area contributed by atoms with Gasteiger partial charge in [0.2, 0.25) is 0 Å². The lowest BCUT2D eigenvalue weighted by Crippen LogP contribution is -2.10. The molecule has 0 heterocycles. The number of fused-ring (bicyclic) bond motifs is 2. The van der Waals surface area contributed by atoms with Crippen molar-refractivity contribution in [3.8, 4) is 11.5 Å². The molecule has 0 spiro atoms. The average Bonchev–Trinajstić information content (AvgIpc) is 2.88. The van der Waals surface area contributed by atoms with Gasteiger partial charge in [-0.25, -0.2) is 27.2 Å². The minimum atomic E-state index is -1.18. The van der Waals surface area contributed by atoms with Gasteiger partial charge in [0.1, 0.15) is 11.5 Å². The molecule has 5 aromatic rings. The van der Waals surface area contributed by atoms with Crippen LogP contribution in [0.2, 0.25) is 0 Å². The molecular formula is C29H16F4O4. The molecule has 0 unspecified atom stereocenters. The second-order valence-electron chi connectivity index (χ2n) is 8.24. The molecule has 0 aliphatic heterocycles. The minimum Gasteiger partial charge on any atom is -0.422 e. The molecule has 0 N–H and O–H groups in total. The molecule has 0 saturated carbocycles. The SMILES string of the molecule is Cc1c2cccc(OC(=O)c3ccc(F)c(F)c3)c2cc2c(OC(=O)c3ccc(F)c(F)c3)cccc12. The van der Waals surface area contributed by atoms with E-state index in [-0.39, 0.29) is 22.6 Å². The average molecular weight is 504 g/mol. The van der Waals surface area contributed by atoms with E-state index in [4.69, 9.17) is 9.47 Å². The lowest BCUT2D eigenvalue weighted by molar-refractivity contribution is 0.0727. The Morgan fingerprint density at radius 2 is 0.973 bits per heavy atom. The Balaban J connectivity index is 1.57. The number of esters is 2. The highest BCUT2D eigenvalue weighted by molar-refractivity contribution is 6.08. The van der Waals surface area contributed by atoms with Gasteiger partial charge in [-0.05, 0) is 77.9 Å². The molecule has 5 rings (SSSR count). The van der Waals surface area contributed by atoms with Crippen LogP contribution in [0.15, 0.2) is 78.9 Å². The van der Waals surface area contributed by atoms with Crippen LogP contribution in [0, 0.1) is 30.2 Å². The van der Waals surface area contributed by atoms with E-state index in [1.807, 2.05) is 19.1 Å². The van der Waals surface area contributed by atoms with Gasteiger partial charge in [0, 0.05) is 10.8 Å². The lowest BCUT2D eigenvalue weighted by Gasteiger charge is -2.14. The van der Waals surface area contributed by atoms with Crippen molar-refractivity contribution >= 4 is 33.5 Å². The van der Waals surface area contributed by atoms with Gasteiger partial charge in [-0.3, -0.25) is 0 Å². The molecular weight excluding hydrogens is 488 g/mol. The van der Waals surface area contributed by atoms with E-state index in [2.05, 4.69) is 0 Å². The normalized spacial score (nSPS) is 11.1. The summed E-state index contributed by atoms with van der Waals surface area (Å²) in [7, 11) is 0. The maximum atomic E-state index is 13.6. The molecule has 0 aliphatic rings. The van der Waals surface area contributed by atoms with Gasteiger partial charge in [0.15, 0.2) is 23.3 Å². The summed E-state index contributed by atoms with van der Waals surface area (Å²) >= 11 is 0. The number of benzene rings is 5. The van der Waals surface area contributed by atoms with Crippen LogP contribution in [0.3, 0.4) is 0 Å². The van der Waals surface area contributed by atoms with Crippen LogP contribution in [0.25, 0.3) is 21.5 Å². The Bertz CT molecular complexity index is 1610. The van der Waals surface area contributed by atoms with E-state index < -0.39 is 35.2 Å². The second-order valence-corrected chi connectivity index (χ2v) is 8.24. The smallest absolute Gasteiger partial charge is 0.343 e. The Morgan fingerprint density at radius 1 is 0.541 bits per heavy atom. The Morgan fingerprint density at radius 3 is 1.38 bits per heavy atom. The summed E-state index contributed by atoms with van der Waals surface area (Å²) in [6.07, 6.45) is 0. The molecule has 0 radical (unpaired) electrons.